The van der Waals surface area contributed by atoms with Gasteiger partial charge in [-0.25, -0.2) is 9.50 Å². The zero-order valence-corrected chi connectivity index (χ0v) is 17.3. The van der Waals surface area contributed by atoms with E-state index in [1.165, 1.54) is 11.3 Å². The molecule has 0 saturated carbocycles. The second-order valence-corrected chi connectivity index (χ2v) is 7.83. The van der Waals surface area contributed by atoms with Crippen molar-refractivity contribution in [3.8, 4) is 0 Å². The second kappa shape index (κ2) is 8.73. The SMILES string of the molecule is CCCCNc1nc(N)c2ncc(Cc3cnc(C4CCNCC4)c(C)c3)n2n1. The molecule has 1 saturated heterocycles. The molecule has 0 spiro atoms. The van der Waals surface area contributed by atoms with Crippen LogP contribution in [-0.4, -0.2) is 44.2 Å². The van der Waals surface area contributed by atoms with E-state index in [4.69, 9.17) is 10.7 Å². The number of aryl methyl sites for hydroxylation is 1. The van der Waals surface area contributed by atoms with Crippen LogP contribution in [0.15, 0.2) is 18.5 Å². The molecule has 0 radical (unpaired) electrons. The molecular weight excluding hydrogens is 364 g/mol. The third kappa shape index (κ3) is 4.32. The van der Waals surface area contributed by atoms with Crippen molar-refractivity contribution in [3.63, 3.8) is 0 Å². The number of hydrogen-bond donors (Lipinski definition) is 3. The van der Waals surface area contributed by atoms with E-state index in [0.29, 0.717) is 29.8 Å². The van der Waals surface area contributed by atoms with E-state index in [2.05, 4.69) is 45.6 Å². The number of piperidine rings is 1. The number of unbranched alkanes of at least 4 members (excludes halogenated alkanes) is 1. The summed E-state index contributed by atoms with van der Waals surface area (Å²) in [7, 11) is 0. The summed E-state index contributed by atoms with van der Waals surface area (Å²) in [5.41, 5.74) is 11.3. The van der Waals surface area contributed by atoms with Crippen molar-refractivity contribution in [2.24, 2.45) is 0 Å². The van der Waals surface area contributed by atoms with Crippen LogP contribution in [0.5, 0.6) is 0 Å². The lowest BCUT2D eigenvalue weighted by Crippen LogP contribution is -2.27. The Morgan fingerprint density at radius 3 is 2.83 bits per heavy atom. The third-order valence-electron chi connectivity index (χ3n) is 5.56. The third-order valence-corrected chi connectivity index (χ3v) is 5.56. The van der Waals surface area contributed by atoms with Crippen molar-refractivity contribution < 1.29 is 0 Å². The Labute approximate surface area is 171 Å². The fourth-order valence-electron chi connectivity index (χ4n) is 3.99. The average molecular weight is 395 g/mol. The molecule has 0 atom stereocenters. The molecule has 8 heteroatoms. The summed E-state index contributed by atoms with van der Waals surface area (Å²) in [5, 5.41) is 11.3. The van der Waals surface area contributed by atoms with Crippen molar-refractivity contribution >= 4 is 17.4 Å². The molecule has 4 heterocycles. The molecule has 0 amide bonds. The van der Waals surface area contributed by atoms with Crippen molar-refractivity contribution in [2.45, 2.75) is 51.9 Å². The maximum absolute atomic E-state index is 6.10. The maximum atomic E-state index is 6.10. The van der Waals surface area contributed by atoms with E-state index in [9.17, 15) is 0 Å². The van der Waals surface area contributed by atoms with Crippen LogP contribution in [0.2, 0.25) is 0 Å². The highest BCUT2D eigenvalue weighted by Gasteiger charge is 2.19. The fourth-order valence-corrected chi connectivity index (χ4v) is 3.99. The highest BCUT2D eigenvalue weighted by atomic mass is 15.3. The Morgan fingerprint density at radius 2 is 2.07 bits per heavy atom. The van der Waals surface area contributed by atoms with E-state index in [1.54, 1.807) is 4.52 Å². The first-order valence-corrected chi connectivity index (χ1v) is 10.6. The predicted molar refractivity (Wildman–Crippen MR) is 115 cm³/mol. The van der Waals surface area contributed by atoms with Gasteiger partial charge >= 0.3 is 0 Å². The van der Waals surface area contributed by atoms with Gasteiger partial charge < -0.3 is 16.4 Å². The van der Waals surface area contributed by atoms with E-state index < -0.39 is 0 Å². The van der Waals surface area contributed by atoms with E-state index >= 15 is 0 Å². The maximum Gasteiger partial charge on any atom is 0.243 e. The normalized spacial score (nSPS) is 15.1. The first kappa shape index (κ1) is 19.6. The zero-order valence-electron chi connectivity index (χ0n) is 17.3. The molecule has 1 fully saturated rings. The molecule has 29 heavy (non-hydrogen) atoms. The second-order valence-electron chi connectivity index (χ2n) is 7.83. The molecule has 0 unspecified atom stereocenters. The quantitative estimate of drug-likeness (QED) is 0.529. The topological polar surface area (TPSA) is 106 Å². The predicted octanol–water partition coefficient (Wildman–Crippen LogP) is 2.68. The Hall–Kier alpha value is -2.74. The number of nitrogens with one attached hydrogen (secondary N) is 2. The van der Waals surface area contributed by atoms with Gasteiger partial charge in [-0.15, -0.1) is 5.10 Å². The summed E-state index contributed by atoms with van der Waals surface area (Å²) < 4.78 is 1.80. The van der Waals surface area contributed by atoms with Crippen LogP contribution in [0.4, 0.5) is 11.8 Å². The number of nitrogen functional groups attached to an aromatic ring is 1. The van der Waals surface area contributed by atoms with Crippen LogP contribution in [0, 0.1) is 6.92 Å². The number of imidazole rings is 1. The molecule has 0 bridgehead atoms. The highest BCUT2D eigenvalue weighted by molar-refractivity contribution is 5.61. The number of pyridine rings is 1. The Morgan fingerprint density at radius 1 is 1.24 bits per heavy atom. The summed E-state index contributed by atoms with van der Waals surface area (Å²) >= 11 is 0. The highest BCUT2D eigenvalue weighted by Crippen LogP contribution is 2.27. The molecular formula is C21H30N8. The van der Waals surface area contributed by atoms with Crippen LogP contribution >= 0.6 is 0 Å². The number of nitrogens with zero attached hydrogens (tertiary/aromatic N) is 5. The van der Waals surface area contributed by atoms with E-state index in [1.807, 2.05) is 12.4 Å². The van der Waals surface area contributed by atoms with Crippen LogP contribution in [0.1, 0.15) is 61.0 Å². The fraction of sp³-hybridized carbons (Fsp3) is 0.524. The van der Waals surface area contributed by atoms with Crippen molar-refractivity contribution in [3.05, 3.63) is 41.0 Å². The summed E-state index contributed by atoms with van der Waals surface area (Å²) in [5.74, 6) is 1.49. The van der Waals surface area contributed by atoms with Gasteiger partial charge in [-0.3, -0.25) is 4.98 Å². The summed E-state index contributed by atoms with van der Waals surface area (Å²) in [4.78, 5) is 13.6. The minimum atomic E-state index is 0.390. The molecule has 1 aliphatic rings. The first-order chi connectivity index (χ1) is 14.2. The van der Waals surface area contributed by atoms with Crippen LogP contribution in [0.25, 0.3) is 5.65 Å². The van der Waals surface area contributed by atoms with Crippen molar-refractivity contribution in [1.82, 2.24) is 29.9 Å². The molecule has 4 rings (SSSR count). The van der Waals surface area contributed by atoms with Gasteiger partial charge in [0.2, 0.25) is 5.95 Å². The van der Waals surface area contributed by atoms with Gasteiger partial charge in [-0.05, 0) is 50.4 Å². The standard InChI is InChI=1S/C21H30N8/c1-3-4-7-24-21-27-19(22)20-26-13-17(29(20)28-21)11-15-10-14(2)18(25-12-15)16-5-8-23-9-6-16/h10,12-13,16,23H,3-9,11H2,1-2H3,(H3,22,24,27,28). The molecule has 0 aromatic carbocycles. The average Bonchev–Trinajstić information content (AvgIpc) is 3.12. The number of anilines is 2. The molecule has 0 aliphatic carbocycles. The van der Waals surface area contributed by atoms with Gasteiger partial charge in [0, 0.05) is 30.8 Å². The van der Waals surface area contributed by atoms with Gasteiger partial charge in [-0.1, -0.05) is 19.4 Å². The summed E-state index contributed by atoms with van der Waals surface area (Å²) in [6.45, 7) is 7.29. The van der Waals surface area contributed by atoms with Crippen LogP contribution in [0.3, 0.4) is 0 Å². The Balaban J connectivity index is 1.56. The van der Waals surface area contributed by atoms with Gasteiger partial charge in [0.15, 0.2) is 11.5 Å². The smallest absolute Gasteiger partial charge is 0.243 e. The van der Waals surface area contributed by atoms with Crippen molar-refractivity contribution in [2.75, 3.05) is 30.7 Å². The summed E-state index contributed by atoms with van der Waals surface area (Å²) in [6.07, 6.45) is 9.01. The largest absolute Gasteiger partial charge is 0.380 e. The number of fused-ring (bicyclic) bond motifs is 1. The number of rotatable bonds is 7. The lowest BCUT2D eigenvalue weighted by atomic mass is 9.91. The monoisotopic (exact) mass is 394 g/mol. The first-order valence-electron chi connectivity index (χ1n) is 10.6. The van der Waals surface area contributed by atoms with E-state index in [0.717, 1.165) is 56.6 Å². The Kier molecular flexibility index (Phi) is 5.89. The number of nitrogens with two attached hydrogens (primary N) is 1. The van der Waals surface area contributed by atoms with E-state index in [-0.39, 0.29) is 0 Å². The lowest BCUT2D eigenvalue weighted by Gasteiger charge is -2.23. The summed E-state index contributed by atoms with van der Waals surface area (Å²) in [6, 6.07) is 2.24. The van der Waals surface area contributed by atoms with Crippen LogP contribution < -0.4 is 16.4 Å². The van der Waals surface area contributed by atoms with Gasteiger partial charge in [-0.2, -0.15) is 4.98 Å². The molecule has 3 aromatic rings. The zero-order chi connectivity index (χ0) is 20.2. The van der Waals surface area contributed by atoms with Gasteiger partial charge in [0.05, 0.1) is 11.9 Å². The number of aromatic nitrogens is 5. The molecule has 154 valence electrons. The molecule has 4 N–H and O–H groups in total. The minimum Gasteiger partial charge on any atom is -0.380 e. The molecule has 1 aliphatic heterocycles. The molecule has 8 nitrogen and oxygen atoms in total. The molecule has 3 aromatic heterocycles. The minimum absolute atomic E-state index is 0.390. The number of hydrogen-bond acceptors (Lipinski definition) is 7. The van der Waals surface area contributed by atoms with Gasteiger partial charge in [0.1, 0.15) is 0 Å². The van der Waals surface area contributed by atoms with Crippen molar-refractivity contribution in [1.29, 1.82) is 0 Å². The lowest BCUT2D eigenvalue weighted by molar-refractivity contribution is 0.451. The Bertz CT molecular complexity index is 974. The van der Waals surface area contributed by atoms with Crippen LogP contribution in [-0.2, 0) is 6.42 Å². The van der Waals surface area contributed by atoms with Gasteiger partial charge in [0.25, 0.3) is 0 Å².